The highest BCUT2D eigenvalue weighted by molar-refractivity contribution is 6.32. The van der Waals surface area contributed by atoms with Crippen LogP contribution in [0, 0.1) is 5.82 Å². The highest BCUT2D eigenvalue weighted by Gasteiger charge is 2.20. The molecule has 4 rings (SSSR count). The summed E-state index contributed by atoms with van der Waals surface area (Å²) < 4.78 is 27.7. The largest absolute Gasteiger partial charge is 0.489 e. The Morgan fingerprint density at radius 3 is 2.73 bits per heavy atom. The minimum Gasteiger partial charge on any atom is -0.489 e. The predicted octanol–water partition coefficient (Wildman–Crippen LogP) is 6.43. The Bertz CT molecular complexity index is 1210. The van der Waals surface area contributed by atoms with Gasteiger partial charge in [-0.15, -0.1) is 0 Å². The first-order valence-electron chi connectivity index (χ1n) is 9.96. The molecule has 0 aliphatic carbocycles. The van der Waals surface area contributed by atoms with Gasteiger partial charge in [-0.25, -0.2) is 4.39 Å². The smallest absolute Gasteiger partial charge is 0.258 e. The number of rotatable bonds is 6. The monoisotopic (exact) mass is 427 g/mol. The third-order valence-electron chi connectivity index (χ3n) is 4.88. The van der Waals surface area contributed by atoms with Gasteiger partial charge in [0, 0.05) is 29.8 Å². The van der Waals surface area contributed by atoms with Crippen molar-refractivity contribution in [1.82, 2.24) is 14.7 Å². The summed E-state index contributed by atoms with van der Waals surface area (Å²) in [7, 11) is 1.90. The van der Waals surface area contributed by atoms with Gasteiger partial charge in [0.05, 0.1) is 16.6 Å². The van der Waals surface area contributed by atoms with Gasteiger partial charge in [-0.05, 0) is 56.2 Å². The molecule has 30 heavy (non-hydrogen) atoms. The second kappa shape index (κ2) is 8.11. The summed E-state index contributed by atoms with van der Waals surface area (Å²) in [6.07, 6.45) is 3.73. The lowest BCUT2D eigenvalue weighted by atomic mass is 10.0. The summed E-state index contributed by atoms with van der Waals surface area (Å²) in [4.78, 5) is 4.55. The van der Waals surface area contributed by atoms with E-state index in [-0.39, 0.29) is 11.9 Å². The fourth-order valence-corrected chi connectivity index (χ4v) is 3.90. The van der Waals surface area contributed by atoms with Crippen molar-refractivity contribution in [2.45, 2.75) is 39.7 Å². The molecule has 0 bridgehead atoms. The molecule has 0 N–H and O–H groups in total. The summed E-state index contributed by atoms with van der Waals surface area (Å²) >= 11 is 6.34. The van der Waals surface area contributed by atoms with Gasteiger partial charge in [-0.3, -0.25) is 0 Å². The van der Waals surface area contributed by atoms with Gasteiger partial charge in [0.2, 0.25) is 5.82 Å². The quantitative estimate of drug-likeness (QED) is 0.356. The Kier molecular flexibility index (Phi) is 5.52. The van der Waals surface area contributed by atoms with Crippen LogP contribution in [-0.4, -0.2) is 20.8 Å². The lowest BCUT2D eigenvalue weighted by molar-refractivity contribution is 0.242. The van der Waals surface area contributed by atoms with Crippen molar-refractivity contribution >= 4 is 22.5 Å². The summed E-state index contributed by atoms with van der Waals surface area (Å²) in [5.41, 5.74) is 3.14. The zero-order valence-electron chi connectivity index (χ0n) is 17.4. The van der Waals surface area contributed by atoms with Gasteiger partial charge in [0.25, 0.3) is 5.89 Å². The van der Waals surface area contributed by atoms with Crippen molar-refractivity contribution in [3.63, 3.8) is 0 Å². The van der Waals surface area contributed by atoms with Crippen molar-refractivity contribution < 1.29 is 13.7 Å². The van der Waals surface area contributed by atoms with Crippen LogP contribution >= 0.6 is 11.6 Å². The standard InChI is InChI=1S/C23H23ClFN3O2/c1-5-6-15-12-28(4)21-16(8-9-18(25)20(15)21)22-26-23(30-27-22)14-7-10-19(17(24)11-14)29-13(2)3/h7-13H,5-6H2,1-4H3. The van der Waals surface area contributed by atoms with Gasteiger partial charge in [-0.2, -0.15) is 4.98 Å². The number of hydrogen-bond donors (Lipinski definition) is 0. The predicted molar refractivity (Wildman–Crippen MR) is 116 cm³/mol. The number of nitrogens with zero attached hydrogens (tertiary/aromatic N) is 3. The normalized spacial score (nSPS) is 11.6. The molecule has 0 saturated heterocycles. The maximum Gasteiger partial charge on any atom is 0.258 e. The van der Waals surface area contributed by atoms with Crippen molar-refractivity contribution in [2.24, 2.45) is 7.05 Å². The number of aromatic nitrogens is 3. The zero-order valence-corrected chi connectivity index (χ0v) is 18.1. The van der Waals surface area contributed by atoms with E-state index >= 15 is 0 Å². The number of aryl methyl sites for hydroxylation is 2. The second-order valence-corrected chi connectivity index (χ2v) is 7.98. The van der Waals surface area contributed by atoms with Crippen LogP contribution in [0.1, 0.15) is 32.8 Å². The molecule has 0 saturated carbocycles. The maximum absolute atomic E-state index is 14.6. The molecule has 156 valence electrons. The molecule has 5 nitrogen and oxygen atoms in total. The molecule has 2 heterocycles. The summed E-state index contributed by atoms with van der Waals surface area (Å²) in [6.45, 7) is 5.95. The molecule has 2 aromatic heterocycles. The minimum absolute atomic E-state index is 0.0205. The van der Waals surface area contributed by atoms with Crippen LogP contribution in [0.25, 0.3) is 33.7 Å². The molecular weight excluding hydrogens is 405 g/mol. The Hall–Kier alpha value is -2.86. The highest BCUT2D eigenvalue weighted by Crippen LogP contribution is 2.35. The van der Waals surface area contributed by atoms with Crippen molar-refractivity contribution in [3.8, 4) is 28.6 Å². The molecule has 0 spiro atoms. The molecule has 0 unspecified atom stereocenters. The van der Waals surface area contributed by atoms with Gasteiger partial charge in [0.1, 0.15) is 11.6 Å². The molecule has 0 aliphatic rings. The first kappa shape index (κ1) is 20.4. The van der Waals surface area contributed by atoms with Crippen LogP contribution in [0.2, 0.25) is 5.02 Å². The van der Waals surface area contributed by atoms with Gasteiger partial charge >= 0.3 is 0 Å². The molecule has 0 amide bonds. The van der Waals surface area contributed by atoms with Gasteiger partial charge in [-0.1, -0.05) is 30.1 Å². The zero-order chi connectivity index (χ0) is 21.4. The van der Waals surface area contributed by atoms with Crippen molar-refractivity contribution in [3.05, 3.63) is 52.9 Å². The van der Waals surface area contributed by atoms with Crippen molar-refractivity contribution in [1.29, 1.82) is 0 Å². The highest BCUT2D eigenvalue weighted by atomic mass is 35.5. The third-order valence-corrected chi connectivity index (χ3v) is 5.17. The molecule has 4 aromatic rings. The lowest BCUT2D eigenvalue weighted by Crippen LogP contribution is -2.05. The van der Waals surface area contributed by atoms with E-state index in [4.69, 9.17) is 20.9 Å². The minimum atomic E-state index is -0.242. The van der Waals surface area contributed by atoms with E-state index in [2.05, 4.69) is 17.1 Å². The molecule has 0 atom stereocenters. The van der Waals surface area contributed by atoms with E-state index in [1.807, 2.05) is 37.7 Å². The Balaban J connectivity index is 1.76. The molecule has 2 aromatic carbocycles. The number of fused-ring (bicyclic) bond motifs is 1. The van der Waals surface area contributed by atoms with E-state index in [1.54, 1.807) is 18.2 Å². The van der Waals surface area contributed by atoms with Crippen LogP contribution < -0.4 is 4.74 Å². The number of benzene rings is 2. The number of hydrogen-bond acceptors (Lipinski definition) is 4. The Morgan fingerprint density at radius 1 is 1.23 bits per heavy atom. The fourth-order valence-electron chi connectivity index (χ4n) is 3.67. The van der Waals surface area contributed by atoms with Crippen LogP contribution in [0.15, 0.2) is 41.1 Å². The van der Waals surface area contributed by atoms with E-state index in [1.165, 1.54) is 6.07 Å². The third kappa shape index (κ3) is 3.67. The first-order valence-corrected chi connectivity index (χ1v) is 10.3. The number of halogens is 2. The Labute approximate surface area is 179 Å². The van der Waals surface area contributed by atoms with Crippen LogP contribution in [0.4, 0.5) is 4.39 Å². The second-order valence-electron chi connectivity index (χ2n) is 7.57. The van der Waals surface area contributed by atoms with Crippen molar-refractivity contribution in [2.75, 3.05) is 0 Å². The van der Waals surface area contributed by atoms with Crippen LogP contribution in [-0.2, 0) is 13.5 Å². The Morgan fingerprint density at radius 2 is 2.03 bits per heavy atom. The van der Waals surface area contributed by atoms with Gasteiger partial charge < -0.3 is 13.8 Å². The van der Waals surface area contributed by atoms with Crippen LogP contribution in [0.3, 0.4) is 0 Å². The maximum atomic E-state index is 14.6. The van der Waals surface area contributed by atoms with E-state index in [9.17, 15) is 4.39 Å². The number of ether oxygens (including phenoxy) is 1. The average Bonchev–Trinajstić information content (AvgIpc) is 3.30. The summed E-state index contributed by atoms with van der Waals surface area (Å²) in [6, 6.07) is 8.49. The lowest BCUT2D eigenvalue weighted by Gasteiger charge is -2.11. The summed E-state index contributed by atoms with van der Waals surface area (Å²) in [5.74, 6) is 1.10. The molecule has 0 aliphatic heterocycles. The SMILES string of the molecule is CCCc1cn(C)c2c(-c3noc(-c4ccc(OC(C)C)c(Cl)c4)n3)ccc(F)c12. The average molecular weight is 428 g/mol. The molecular formula is C23H23ClFN3O2. The summed E-state index contributed by atoms with van der Waals surface area (Å²) in [5, 5.41) is 5.22. The fraction of sp³-hybridized carbons (Fsp3) is 0.304. The van der Waals surface area contributed by atoms with Gasteiger partial charge in [0.15, 0.2) is 0 Å². The topological polar surface area (TPSA) is 53.1 Å². The molecule has 7 heteroatoms. The van der Waals surface area contributed by atoms with Crippen LogP contribution in [0.5, 0.6) is 5.75 Å². The first-order chi connectivity index (χ1) is 14.4. The van der Waals surface area contributed by atoms with E-state index in [0.717, 1.165) is 29.5 Å². The van der Waals surface area contributed by atoms with E-state index in [0.29, 0.717) is 33.4 Å². The molecule has 0 fully saturated rings. The molecule has 0 radical (unpaired) electrons. The van der Waals surface area contributed by atoms with E-state index < -0.39 is 0 Å².